The molecular formula is C5H14N4O2S. The van der Waals surface area contributed by atoms with Crippen LogP contribution in [0.3, 0.4) is 0 Å². The van der Waals surface area contributed by atoms with Crippen molar-refractivity contribution in [2.75, 3.05) is 6.54 Å². The van der Waals surface area contributed by atoms with Crippen LogP contribution >= 0.6 is 0 Å². The lowest BCUT2D eigenvalue weighted by atomic mass is 10.3. The van der Waals surface area contributed by atoms with E-state index in [2.05, 4.69) is 9.44 Å². The Balaban J connectivity index is 4.16. The lowest BCUT2D eigenvalue weighted by molar-refractivity contribution is 0.565. The molecule has 0 saturated heterocycles. The number of nitrogens with one attached hydrogen (secondary N) is 3. The van der Waals surface area contributed by atoms with Crippen LogP contribution in [0.25, 0.3) is 0 Å². The number of rotatable bonds is 5. The molecule has 0 saturated carbocycles. The Morgan fingerprint density at radius 2 is 2.17 bits per heavy atom. The van der Waals surface area contributed by atoms with Gasteiger partial charge >= 0.3 is 0 Å². The summed E-state index contributed by atoms with van der Waals surface area (Å²) in [5.41, 5.74) is 5.07. The lowest BCUT2D eigenvalue weighted by Crippen LogP contribution is -2.46. The van der Waals surface area contributed by atoms with Crippen LogP contribution in [-0.2, 0) is 10.2 Å². The first-order valence-electron chi connectivity index (χ1n) is 3.50. The second-order valence-electron chi connectivity index (χ2n) is 2.30. The van der Waals surface area contributed by atoms with Crippen molar-refractivity contribution in [3.8, 4) is 0 Å². The van der Waals surface area contributed by atoms with Gasteiger partial charge in [-0.3, -0.25) is 5.41 Å². The predicted octanol–water partition coefficient (Wildman–Crippen LogP) is -1.25. The topological polar surface area (TPSA) is 108 Å². The zero-order valence-corrected chi connectivity index (χ0v) is 7.90. The maximum absolute atomic E-state index is 11.0. The monoisotopic (exact) mass is 194 g/mol. The normalized spacial score (nSPS) is 14.2. The summed E-state index contributed by atoms with van der Waals surface area (Å²) in [5.74, 6) is -0.212. The van der Waals surface area contributed by atoms with E-state index >= 15 is 0 Å². The van der Waals surface area contributed by atoms with Crippen molar-refractivity contribution in [2.45, 2.75) is 19.9 Å². The van der Waals surface area contributed by atoms with E-state index in [0.29, 0.717) is 6.54 Å². The van der Waals surface area contributed by atoms with Gasteiger partial charge < -0.3 is 5.73 Å². The van der Waals surface area contributed by atoms with Gasteiger partial charge in [0.15, 0.2) is 0 Å². The number of hydrogen-bond acceptors (Lipinski definition) is 3. The van der Waals surface area contributed by atoms with E-state index in [1.165, 1.54) is 6.92 Å². The summed E-state index contributed by atoms with van der Waals surface area (Å²) in [7, 11) is -3.50. The molecule has 1 unspecified atom stereocenters. The minimum Gasteiger partial charge on any atom is -0.386 e. The van der Waals surface area contributed by atoms with Crippen molar-refractivity contribution >= 4 is 16.0 Å². The van der Waals surface area contributed by atoms with Crippen molar-refractivity contribution in [1.29, 1.82) is 5.41 Å². The Morgan fingerprint density at radius 1 is 1.67 bits per heavy atom. The molecule has 0 spiro atoms. The van der Waals surface area contributed by atoms with Crippen LogP contribution in [-0.4, -0.2) is 26.8 Å². The summed E-state index contributed by atoms with van der Waals surface area (Å²) in [5, 5.41) is 6.94. The van der Waals surface area contributed by atoms with Crippen LogP contribution in [0.15, 0.2) is 0 Å². The highest BCUT2D eigenvalue weighted by Crippen LogP contribution is 1.83. The quantitative estimate of drug-likeness (QED) is 0.324. The molecule has 0 radical (unpaired) electrons. The maximum atomic E-state index is 11.0. The lowest BCUT2D eigenvalue weighted by Gasteiger charge is -2.11. The number of nitrogens with two attached hydrogens (primary N) is 1. The molecule has 0 rings (SSSR count). The average molecular weight is 194 g/mol. The molecule has 0 aliphatic carbocycles. The smallest absolute Gasteiger partial charge is 0.277 e. The van der Waals surface area contributed by atoms with E-state index in [-0.39, 0.29) is 5.84 Å². The van der Waals surface area contributed by atoms with Gasteiger partial charge in [-0.25, -0.2) is 4.72 Å². The van der Waals surface area contributed by atoms with Crippen molar-refractivity contribution in [1.82, 2.24) is 9.44 Å². The van der Waals surface area contributed by atoms with Crippen molar-refractivity contribution < 1.29 is 8.42 Å². The summed E-state index contributed by atoms with van der Waals surface area (Å²) in [6.07, 6.45) is 0. The first-order chi connectivity index (χ1) is 5.39. The Kier molecular flexibility index (Phi) is 4.15. The largest absolute Gasteiger partial charge is 0.386 e. The first kappa shape index (κ1) is 11.3. The fourth-order valence-electron chi connectivity index (χ4n) is 0.528. The third kappa shape index (κ3) is 4.27. The van der Waals surface area contributed by atoms with Crippen molar-refractivity contribution in [3.05, 3.63) is 0 Å². The van der Waals surface area contributed by atoms with Gasteiger partial charge in [0.25, 0.3) is 10.2 Å². The highest BCUT2D eigenvalue weighted by atomic mass is 32.2. The van der Waals surface area contributed by atoms with Crippen LogP contribution in [0.2, 0.25) is 0 Å². The molecule has 0 amide bonds. The Morgan fingerprint density at radius 3 is 2.50 bits per heavy atom. The third-order valence-corrected chi connectivity index (χ3v) is 2.47. The second kappa shape index (κ2) is 4.39. The maximum Gasteiger partial charge on any atom is 0.277 e. The fraction of sp³-hybridized carbons (Fsp3) is 0.800. The van der Waals surface area contributed by atoms with E-state index in [1.807, 2.05) is 0 Å². The van der Waals surface area contributed by atoms with Gasteiger partial charge in [0, 0.05) is 6.54 Å². The van der Waals surface area contributed by atoms with Crippen molar-refractivity contribution in [3.63, 3.8) is 0 Å². The minimum absolute atomic E-state index is 0.212. The van der Waals surface area contributed by atoms with Gasteiger partial charge in [-0.1, -0.05) is 6.92 Å². The van der Waals surface area contributed by atoms with Gasteiger partial charge in [0.05, 0.1) is 6.04 Å². The molecule has 0 aliphatic heterocycles. The first-order valence-corrected chi connectivity index (χ1v) is 4.98. The summed E-state index contributed by atoms with van der Waals surface area (Å²) >= 11 is 0. The van der Waals surface area contributed by atoms with Crippen LogP contribution in [0.1, 0.15) is 13.8 Å². The standard InChI is InChI=1S/C5H14N4O2S/c1-3-8-12(10,11)9-4(2)5(6)7/h4,8-9H,3H2,1-2H3,(H3,6,7). The Bertz CT molecular complexity index is 248. The molecule has 6 nitrogen and oxygen atoms in total. The Labute approximate surface area is 72.2 Å². The van der Waals surface area contributed by atoms with E-state index in [1.54, 1.807) is 6.92 Å². The predicted molar refractivity (Wildman–Crippen MR) is 47.1 cm³/mol. The molecule has 0 fully saturated rings. The summed E-state index contributed by atoms with van der Waals surface area (Å²) < 4.78 is 26.3. The van der Waals surface area contributed by atoms with Gasteiger partial charge in [-0.05, 0) is 6.92 Å². The molecule has 7 heteroatoms. The molecule has 72 valence electrons. The SMILES string of the molecule is CCNS(=O)(=O)NC(C)C(=N)N. The van der Waals surface area contributed by atoms with E-state index in [4.69, 9.17) is 11.1 Å². The molecule has 0 heterocycles. The van der Waals surface area contributed by atoms with Crippen LogP contribution in [0.4, 0.5) is 0 Å². The summed E-state index contributed by atoms with van der Waals surface area (Å²) in [4.78, 5) is 0. The molecule has 12 heavy (non-hydrogen) atoms. The van der Waals surface area contributed by atoms with E-state index < -0.39 is 16.3 Å². The van der Waals surface area contributed by atoms with Crippen LogP contribution in [0, 0.1) is 5.41 Å². The zero-order chi connectivity index (χ0) is 9.78. The second-order valence-corrected chi connectivity index (χ2v) is 3.83. The molecule has 5 N–H and O–H groups in total. The molecule has 0 aromatic carbocycles. The number of hydrogen-bond donors (Lipinski definition) is 4. The third-order valence-electron chi connectivity index (χ3n) is 1.13. The number of amidine groups is 1. The van der Waals surface area contributed by atoms with Gasteiger partial charge in [0.1, 0.15) is 5.84 Å². The molecule has 1 atom stereocenters. The zero-order valence-electron chi connectivity index (χ0n) is 7.09. The van der Waals surface area contributed by atoms with Gasteiger partial charge in [0.2, 0.25) is 0 Å². The molecule has 0 aromatic rings. The van der Waals surface area contributed by atoms with Crippen LogP contribution < -0.4 is 15.2 Å². The van der Waals surface area contributed by atoms with Crippen molar-refractivity contribution in [2.24, 2.45) is 5.73 Å². The average Bonchev–Trinajstić information content (AvgIpc) is 1.85. The van der Waals surface area contributed by atoms with Gasteiger partial charge in [-0.2, -0.15) is 13.1 Å². The highest BCUT2D eigenvalue weighted by Gasteiger charge is 2.13. The molecular weight excluding hydrogens is 180 g/mol. The summed E-state index contributed by atoms with van der Waals surface area (Å²) in [6, 6.07) is -0.672. The molecule has 0 aromatic heterocycles. The van der Waals surface area contributed by atoms with E-state index in [9.17, 15) is 8.42 Å². The Hall–Kier alpha value is -0.660. The fourth-order valence-corrected chi connectivity index (χ4v) is 1.58. The summed E-state index contributed by atoms with van der Waals surface area (Å²) in [6.45, 7) is 3.47. The van der Waals surface area contributed by atoms with E-state index in [0.717, 1.165) is 0 Å². The minimum atomic E-state index is -3.50. The molecule has 0 bridgehead atoms. The van der Waals surface area contributed by atoms with Gasteiger partial charge in [-0.15, -0.1) is 0 Å². The highest BCUT2D eigenvalue weighted by molar-refractivity contribution is 7.87. The van der Waals surface area contributed by atoms with Crippen LogP contribution in [0.5, 0.6) is 0 Å². The molecule has 0 aliphatic rings.